The van der Waals surface area contributed by atoms with Crippen LogP contribution in [0.25, 0.3) is 0 Å². The van der Waals surface area contributed by atoms with Crippen LogP contribution in [-0.2, 0) is 6.42 Å². The van der Waals surface area contributed by atoms with Crippen molar-refractivity contribution in [2.75, 3.05) is 0 Å². The molecule has 0 spiro atoms. The smallest absolute Gasteiger partial charge is 0.332 e. The highest BCUT2D eigenvalue weighted by Crippen LogP contribution is 2.22. The average Bonchev–Trinajstić information content (AvgIpc) is 2.37. The van der Waals surface area contributed by atoms with Gasteiger partial charge in [0.2, 0.25) is 0 Å². The number of unbranched alkanes of at least 4 members (excludes halogenated alkanes) is 2. The molecule has 4 heteroatoms. The van der Waals surface area contributed by atoms with Gasteiger partial charge in [0.1, 0.15) is 4.55 Å². The van der Waals surface area contributed by atoms with Crippen molar-refractivity contribution in [1.82, 2.24) is 4.55 Å². The number of nitrogens with zero attached hydrogens (tertiary/aromatic N) is 1. The predicted molar refractivity (Wildman–Crippen MR) is 43.7 cm³/mol. The average molecular weight is 174 g/mol. The molecule has 0 aliphatic heterocycles. The van der Waals surface area contributed by atoms with E-state index in [0.29, 0.717) is 0 Å². The third-order valence-corrected chi connectivity index (χ3v) is 2.27. The van der Waals surface area contributed by atoms with Crippen LogP contribution in [-0.4, -0.2) is 9.65 Å². The van der Waals surface area contributed by atoms with Gasteiger partial charge in [0.05, 0.1) is 0 Å². The van der Waals surface area contributed by atoms with Gasteiger partial charge in [-0.3, -0.25) is 0 Å². The Kier molecular flexibility index (Phi) is 3.29. The molecular weight excluding hydrogens is 162 g/mol. The molecule has 0 bridgehead atoms. The molecule has 1 heterocycles. The molecule has 0 aliphatic carbocycles. The summed E-state index contributed by atoms with van der Waals surface area (Å²) in [6.07, 6.45) is 4.36. The Labute approximate surface area is 69.8 Å². The van der Waals surface area contributed by atoms with E-state index in [-0.39, 0.29) is 5.95 Å². The summed E-state index contributed by atoms with van der Waals surface area (Å²) in [7, 11) is 0. The first-order valence-electron chi connectivity index (χ1n) is 3.81. The zero-order valence-electron chi connectivity index (χ0n) is 6.54. The minimum atomic E-state index is -0.00824. The van der Waals surface area contributed by atoms with Crippen molar-refractivity contribution < 1.29 is 9.63 Å². The largest absolute Gasteiger partial charge is 0.561 e. The van der Waals surface area contributed by atoms with Crippen molar-refractivity contribution in [3.8, 4) is 5.95 Å². The van der Waals surface area contributed by atoms with Crippen molar-refractivity contribution in [2.24, 2.45) is 0 Å². The molecule has 62 valence electrons. The first-order valence-corrected chi connectivity index (χ1v) is 4.58. The van der Waals surface area contributed by atoms with E-state index in [1.165, 1.54) is 24.4 Å². The number of aromatic nitrogens is 1. The van der Waals surface area contributed by atoms with Crippen LogP contribution in [0.2, 0.25) is 0 Å². The first-order chi connectivity index (χ1) is 5.34. The molecule has 1 rings (SSSR count). The highest BCUT2D eigenvalue weighted by atomic mass is 32.1. The number of hydrogen-bond acceptors (Lipinski definition) is 3. The minimum absolute atomic E-state index is 0.00824. The van der Waals surface area contributed by atoms with Crippen LogP contribution in [0.4, 0.5) is 0 Å². The van der Waals surface area contributed by atoms with Gasteiger partial charge in [0.15, 0.2) is 4.88 Å². The SMILES string of the molecule is CCCCCc1sn[o+]c1O. The highest BCUT2D eigenvalue weighted by Gasteiger charge is 2.16. The van der Waals surface area contributed by atoms with Crippen molar-refractivity contribution in [1.29, 1.82) is 0 Å². The Morgan fingerprint density at radius 2 is 2.36 bits per heavy atom. The number of aromatic hydroxyl groups is 1. The van der Waals surface area contributed by atoms with E-state index in [1.807, 2.05) is 0 Å². The summed E-state index contributed by atoms with van der Waals surface area (Å²) in [4.78, 5) is 0.860. The number of hydrogen-bond donors (Lipinski definition) is 1. The minimum Gasteiger partial charge on any atom is -0.332 e. The maximum Gasteiger partial charge on any atom is 0.561 e. The monoisotopic (exact) mass is 174 g/mol. The lowest BCUT2D eigenvalue weighted by atomic mass is 10.2. The van der Waals surface area contributed by atoms with Gasteiger partial charge < -0.3 is 5.11 Å². The van der Waals surface area contributed by atoms with Gasteiger partial charge in [0.25, 0.3) is 0 Å². The van der Waals surface area contributed by atoms with Crippen LogP contribution < -0.4 is 0 Å². The van der Waals surface area contributed by atoms with Gasteiger partial charge in [-0.05, 0) is 12.8 Å². The maximum absolute atomic E-state index is 9.03. The summed E-state index contributed by atoms with van der Waals surface area (Å²) in [6.45, 7) is 2.15. The van der Waals surface area contributed by atoms with Gasteiger partial charge in [-0.15, -0.1) is 4.52 Å². The molecule has 0 aromatic carbocycles. The van der Waals surface area contributed by atoms with Crippen molar-refractivity contribution in [3.05, 3.63) is 4.88 Å². The van der Waals surface area contributed by atoms with Gasteiger partial charge in [-0.2, -0.15) is 0 Å². The first kappa shape index (κ1) is 8.46. The fourth-order valence-electron chi connectivity index (χ4n) is 0.877. The van der Waals surface area contributed by atoms with E-state index in [9.17, 15) is 0 Å². The second-order valence-corrected chi connectivity index (χ2v) is 3.27. The summed E-state index contributed by atoms with van der Waals surface area (Å²) in [6, 6.07) is 0. The zero-order chi connectivity index (χ0) is 8.10. The summed E-state index contributed by atoms with van der Waals surface area (Å²) in [5.74, 6) is -0.00824. The van der Waals surface area contributed by atoms with E-state index in [4.69, 9.17) is 5.11 Å². The molecule has 1 aromatic rings. The fraction of sp³-hybridized carbons (Fsp3) is 0.714. The van der Waals surface area contributed by atoms with E-state index in [0.717, 1.165) is 17.7 Å². The highest BCUT2D eigenvalue weighted by molar-refractivity contribution is 7.05. The van der Waals surface area contributed by atoms with Gasteiger partial charge in [-0.1, -0.05) is 19.8 Å². The molecule has 11 heavy (non-hydrogen) atoms. The van der Waals surface area contributed by atoms with Gasteiger partial charge >= 0.3 is 5.95 Å². The Bertz CT molecular complexity index is 212. The van der Waals surface area contributed by atoms with Crippen LogP contribution in [0.15, 0.2) is 4.52 Å². The molecule has 1 aromatic heterocycles. The molecule has 0 unspecified atom stereocenters. The fourth-order valence-corrected chi connectivity index (χ4v) is 1.43. The lowest BCUT2D eigenvalue weighted by molar-refractivity contribution is 0.279. The van der Waals surface area contributed by atoms with Crippen molar-refractivity contribution in [2.45, 2.75) is 32.6 Å². The number of rotatable bonds is 4. The third kappa shape index (κ3) is 2.46. The molecule has 0 radical (unpaired) electrons. The molecule has 0 saturated carbocycles. The maximum atomic E-state index is 9.03. The zero-order valence-corrected chi connectivity index (χ0v) is 7.36. The van der Waals surface area contributed by atoms with Crippen molar-refractivity contribution >= 4 is 11.5 Å². The van der Waals surface area contributed by atoms with Gasteiger partial charge in [0, 0.05) is 11.5 Å². The predicted octanol–water partition coefficient (Wildman–Crippen LogP) is 2.46. The second kappa shape index (κ2) is 4.28. The summed E-state index contributed by atoms with van der Waals surface area (Å²) in [5.41, 5.74) is 0. The molecule has 0 fully saturated rings. The normalized spacial score (nSPS) is 10.3. The summed E-state index contributed by atoms with van der Waals surface area (Å²) in [5, 5.41) is 9.03. The Morgan fingerprint density at radius 3 is 2.91 bits per heavy atom. The molecule has 3 nitrogen and oxygen atoms in total. The van der Waals surface area contributed by atoms with Crippen LogP contribution >= 0.6 is 11.5 Å². The van der Waals surface area contributed by atoms with Crippen LogP contribution in [0.5, 0.6) is 5.95 Å². The molecule has 0 atom stereocenters. The lowest BCUT2D eigenvalue weighted by Gasteiger charge is -1.90. The van der Waals surface area contributed by atoms with E-state index in [2.05, 4.69) is 16.0 Å². The molecule has 0 saturated heterocycles. The van der Waals surface area contributed by atoms with E-state index >= 15 is 0 Å². The topological polar surface area (TPSA) is 44.4 Å². The number of aryl methyl sites for hydroxylation is 1. The summed E-state index contributed by atoms with van der Waals surface area (Å²) >= 11 is 1.23. The molecule has 1 N–H and O–H groups in total. The quantitative estimate of drug-likeness (QED) is 0.563. The van der Waals surface area contributed by atoms with Crippen molar-refractivity contribution in [3.63, 3.8) is 0 Å². The van der Waals surface area contributed by atoms with E-state index in [1.54, 1.807) is 0 Å². The van der Waals surface area contributed by atoms with E-state index < -0.39 is 0 Å². The van der Waals surface area contributed by atoms with Gasteiger partial charge in [-0.25, -0.2) is 0 Å². The van der Waals surface area contributed by atoms with Crippen LogP contribution in [0.1, 0.15) is 31.1 Å². The third-order valence-electron chi connectivity index (χ3n) is 1.52. The molecule has 0 aliphatic rings. The molecular formula is C7H12NO2S+. The van der Waals surface area contributed by atoms with Crippen LogP contribution in [0, 0.1) is 0 Å². The second-order valence-electron chi connectivity index (χ2n) is 2.44. The Morgan fingerprint density at radius 1 is 1.55 bits per heavy atom. The standard InChI is InChI=1S/C7H11NO2S/c1-2-3-4-5-6-7(9)10-8-11-6/h2-5H2,1H3/p+1. The summed E-state index contributed by atoms with van der Waals surface area (Å²) < 4.78 is 8.04. The van der Waals surface area contributed by atoms with Crippen LogP contribution in [0.3, 0.4) is 0 Å². The Hall–Kier alpha value is -0.640. The Balaban J connectivity index is 2.32. The lowest BCUT2D eigenvalue weighted by Crippen LogP contribution is -1.80. The molecule has 0 amide bonds.